The molecule has 2 aromatic carbocycles. The van der Waals surface area contributed by atoms with Crippen LogP contribution in [0, 0.1) is 6.92 Å². The number of amides is 2. The van der Waals surface area contributed by atoms with Crippen molar-refractivity contribution in [3.63, 3.8) is 0 Å². The van der Waals surface area contributed by atoms with E-state index in [1.54, 1.807) is 23.1 Å². The molecule has 2 amide bonds. The Balaban J connectivity index is 1.75. The van der Waals surface area contributed by atoms with Crippen LogP contribution in [0.3, 0.4) is 0 Å². The average molecular weight is 445 g/mol. The molecule has 1 saturated heterocycles. The van der Waals surface area contributed by atoms with Gasteiger partial charge < -0.3 is 10.2 Å². The standard InChI is InChI=1S/C22H24N2O4S2/c1-15-9-10-18(17-7-6-8-19(13-17)30(3,27)28)14-20(15)29-16(2)23-21(25)22(26)24-11-4-5-12-24/h6-10,13-14H,2,4-5,11-12H2,1,3H3,(H,23,25). The molecule has 0 radical (unpaired) electrons. The SMILES string of the molecule is C=C(NC(=O)C(=O)N1CCCC1)Sc1cc(-c2cccc(S(C)(=O)=O)c2)ccc1C. The molecule has 30 heavy (non-hydrogen) atoms. The number of nitrogens with one attached hydrogen (secondary N) is 1. The lowest BCUT2D eigenvalue weighted by Gasteiger charge is -2.16. The Morgan fingerprint density at radius 2 is 1.73 bits per heavy atom. The lowest BCUT2D eigenvalue weighted by molar-refractivity contribution is -0.144. The average Bonchev–Trinajstić information content (AvgIpc) is 3.23. The van der Waals surface area contributed by atoms with E-state index in [0.717, 1.165) is 34.4 Å². The molecule has 2 aromatic rings. The topological polar surface area (TPSA) is 83.6 Å². The number of hydrogen-bond acceptors (Lipinski definition) is 5. The molecule has 0 aliphatic carbocycles. The van der Waals surface area contributed by atoms with Crippen LogP contribution < -0.4 is 5.32 Å². The zero-order chi connectivity index (χ0) is 21.9. The quantitative estimate of drug-likeness (QED) is 0.565. The third kappa shape index (κ3) is 5.31. The third-order valence-corrected chi connectivity index (χ3v) is 6.98. The highest BCUT2D eigenvalue weighted by Crippen LogP contribution is 2.32. The van der Waals surface area contributed by atoms with Crippen LogP contribution in [0.15, 0.2) is 63.9 Å². The van der Waals surface area contributed by atoms with Gasteiger partial charge in [-0.1, -0.05) is 42.6 Å². The van der Waals surface area contributed by atoms with Gasteiger partial charge in [-0.25, -0.2) is 8.42 Å². The molecule has 0 spiro atoms. The first-order valence-corrected chi connectivity index (χ1v) is 12.2. The van der Waals surface area contributed by atoms with Crippen LogP contribution in [0.2, 0.25) is 0 Å². The van der Waals surface area contributed by atoms with E-state index in [1.807, 2.05) is 31.2 Å². The fourth-order valence-corrected chi connectivity index (χ4v) is 4.69. The first kappa shape index (κ1) is 22.1. The number of carbonyl (C=O) groups is 2. The Morgan fingerprint density at radius 1 is 1.07 bits per heavy atom. The van der Waals surface area contributed by atoms with E-state index < -0.39 is 21.7 Å². The number of hydrogen-bond donors (Lipinski definition) is 1. The number of sulfone groups is 1. The smallest absolute Gasteiger partial charge is 0.314 e. The number of aryl methyl sites for hydroxylation is 1. The molecular formula is C22H24N2O4S2. The molecule has 6 nitrogen and oxygen atoms in total. The molecule has 1 aliphatic rings. The van der Waals surface area contributed by atoms with Gasteiger partial charge in [0.1, 0.15) is 0 Å². The highest BCUT2D eigenvalue weighted by Gasteiger charge is 2.24. The molecule has 1 N–H and O–H groups in total. The monoisotopic (exact) mass is 444 g/mol. The van der Waals surface area contributed by atoms with E-state index in [4.69, 9.17) is 0 Å². The van der Waals surface area contributed by atoms with Crippen molar-refractivity contribution < 1.29 is 18.0 Å². The summed E-state index contributed by atoms with van der Waals surface area (Å²) in [6.07, 6.45) is 3.01. The Bertz CT molecular complexity index is 1100. The first-order valence-electron chi connectivity index (χ1n) is 9.53. The van der Waals surface area contributed by atoms with E-state index in [2.05, 4.69) is 11.9 Å². The summed E-state index contributed by atoms with van der Waals surface area (Å²) < 4.78 is 23.7. The minimum Gasteiger partial charge on any atom is -0.334 e. The molecule has 3 rings (SSSR count). The van der Waals surface area contributed by atoms with E-state index in [-0.39, 0.29) is 4.90 Å². The zero-order valence-corrected chi connectivity index (χ0v) is 18.6. The van der Waals surface area contributed by atoms with Gasteiger partial charge in [-0.2, -0.15) is 0 Å². The largest absolute Gasteiger partial charge is 0.334 e. The summed E-state index contributed by atoms with van der Waals surface area (Å²) >= 11 is 1.26. The van der Waals surface area contributed by atoms with Crippen LogP contribution in [0.1, 0.15) is 18.4 Å². The first-order chi connectivity index (χ1) is 14.1. The van der Waals surface area contributed by atoms with Crippen LogP contribution in [-0.2, 0) is 19.4 Å². The summed E-state index contributed by atoms with van der Waals surface area (Å²) in [4.78, 5) is 27.0. The Hall–Kier alpha value is -2.58. The third-order valence-electron chi connectivity index (χ3n) is 4.86. The highest BCUT2D eigenvalue weighted by molar-refractivity contribution is 8.03. The van der Waals surface area contributed by atoms with Crippen molar-refractivity contribution in [3.05, 3.63) is 59.6 Å². The highest BCUT2D eigenvalue weighted by atomic mass is 32.2. The second-order valence-corrected chi connectivity index (χ2v) is 10.4. The summed E-state index contributed by atoms with van der Waals surface area (Å²) in [5, 5.41) is 2.94. The van der Waals surface area contributed by atoms with Crippen LogP contribution >= 0.6 is 11.8 Å². The van der Waals surface area contributed by atoms with Crippen LogP contribution in [0.25, 0.3) is 11.1 Å². The van der Waals surface area contributed by atoms with Crippen molar-refractivity contribution in [1.29, 1.82) is 0 Å². The van der Waals surface area contributed by atoms with E-state index in [9.17, 15) is 18.0 Å². The van der Waals surface area contributed by atoms with Gasteiger partial charge in [0.25, 0.3) is 0 Å². The second-order valence-electron chi connectivity index (χ2n) is 7.26. The number of carbonyl (C=O) groups excluding carboxylic acids is 2. The number of nitrogens with zero attached hydrogens (tertiary/aromatic N) is 1. The Morgan fingerprint density at radius 3 is 2.40 bits per heavy atom. The lowest BCUT2D eigenvalue weighted by Crippen LogP contribution is -2.40. The Labute approximate surface area is 181 Å². The maximum absolute atomic E-state index is 12.2. The van der Waals surface area contributed by atoms with Crippen molar-refractivity contribution in [2.24, 2.45) is 0 Å². The summed E-state index contributed by atoms with van der Waals surface area (Å²) in [7, 11) is -3.30. The van der Waals surface area contributed by atoms with E-state index in [0.29, 0.717) is 18.1 Å². The van der Waals surface area contributed by atoms with Crippen LogP contribution in [0.4, 0.5) is 0 Å². The molecule has 0 bridgehead atoms. The minimum absolute atomic E-state index is 0.256. The van der Waals surface area contributed by atoms with Crippen molar-refractivity contribution >= 4 is 33.4 Å². The molecule has 1 fully saturated rings. The zero-order valence-electron chi connectivity index (χ0n) is 17.0. The number of rotatable bonds is 5. The summed E-state index contributed by atoms with van der Waals surface area (Å²) in [5.41, 5.74) is 2.60. The molecule has 0 unspecified atom stereocenters. The molecule has 1 heterocycles. The predicted octanol–water partition coefficient (Wildman–Crippen LogP) is 3.37. The van der Waals surface area contributed by atoms with Gasteiger partial charge in [0.05, 0.1) is 9.92 Å². The molecule has 158 valence electrons. The molecule has 8 heteroatoms. The van der Waals surface area contributed by atoms with Gasteiger partial charge in [-0.15, -0.1) is 0 Å². The fraction of sp³-hybridized carbons (Fsp3) is 0.273. The summed E-state index contributed by atoms with van der Waals surface area (Å²) in [6, 6.07) is 12.5. The number of thioether (sulfide) groups is 1. The van der Waals surface area contributed by atoms with Gasteiger partial charge in [0.2, 0.25) is 0 Å². The summed E-state index contributed by atoms with van der Waals surface area (Å²) in [5.74, 6) is -1.21. The number of benzene rings is 2. The van der Waals surface area contributed by atoms with Gasteiger partial charge in [0, 0.05) is 24.2 Å². The van der Waals surface area contributed by atoms with E-state index >= 15 is 0 Å². The van der Waals surface area contributed by atoms with Gasteiger partial charge in [0.15, 0.2) is 9.84 Å². The second kappa shape index (κ2) is 9.06. The molecule has 0 atom stereocenters. The Kier molecular flexibility index (Phi) is 6.67. The fourth-order valence-electron chi connectivity index (χ4n) is 3.20. The van der Waals surface area contributed by atoms with Crippen LogP contribution in [0.5, 0.6) is 0 Å². The van der Waals surface area contributed by atoms with Crippen molar-refractivity contribution in [1.82, 2.24) is 10.2 Å². The molecular weight excluding hydrogens is 420 g/mol. The van der Waals surface area contributed by atoms with Crippen LogP contribution in [-0.4, -0.2) is 44.5 Å². The maximum atomic E-state index is 12.2. The van der Waals surface area contributed by atoms with Crippen molar-refractivity contribution in [2.75, 3.05) is 19.3 Å². The van der Waals surface area contributed by atoms with Gasteiger partial charge in [-0.3, -0.25) is 9.59 Å². The van der Waals surface area contributed by atoms with Gasteiger partial charge >= 0.3 is 11.8 Å². The lowest BCUT2D eigenvalue weighted by atomic mass is 10.0. The normalized spacial score (nSPS) is 13.9. The molecule has 1 aliphatic heterocycles. The van der Waals surface area contributed by atoms with Gasteiger partial charge in [-0.05, 0) is 54.7 Å². The predicted molar refractivity (Wildman–Crippen MR) is 119 cm³/mol. The number of likely N-dealkylation sites (tertiary alicyclic amines) is 1. The van der Waals surface area contributed by atoms with E-state index in [1.165, 1.54) is 18.0 Å². The maximum Gasteiger partial charge on any atom is 0.314 e. The minimum atomic E-state index is -3.30. The van der Waals surface area contributed by atoms with Crippen molar-refractivity contribution in [2.45, 2.75) is 29.6 Å². The molecule has 0 saturated carbocycles. The summed E-state index contributed by atoms with van der Waals surface area (Å²) in [6.45, 7) is 7.03. The van der Waals surface area contributed by atoms with Crippen molar-refractivity contribution in [3.8, 4) is 11.1 Å². The molecule has 0 aromatic heterocycles.